The second kappa shape index (κ2) is 7.04. The second-order valence-corrected chi connectivity index (χ2v) is 5.73. The summed E-state index contributed by atoms with van der Waals surface area (Å²) >= 11 is 0. The van der Waals surface area contributed by atoms with Crippen LogP contribution in [0.2, 0.25) is 0 Å². The summed E-state index contributed by atoms with van der Waals surface area (Å²) in [6.45, 7) is 4.02. The fourth-order valence-corrected chi connectivity index (χ4v) is 2.56. The smallest absolute Gasteiger partial charge is 0.249 e. The summed E-state index contributed by atoms with van der Waals surface area (Å²) in [5, 5.41) is 14.2. The SMILES string of the molecule is Cc1cccc(NC(=O)[C@H](Cc2ccccc2)n2cnnn2)c1C. The summed E-state index contributed by atoms with van der Waals surface area (Å²) in [5.41, 5.74) is 4.05. The lowest BCUT2D eigenvalue weighted by molar-refractivity contribution is -0.119. The van der Waals surface area contributed by atoms with Gasteiger partial charge in [-0.1, -0.05) is 42.5 Å². The number of aryl methyl sites for hydroxylation is 1. The number of nitrogens with zero attached hydrogens (tertiary/aromatic N) is 4. The number of aromatic nitrogens is 4. The molecule has 1 N–H and O–H groups in total. The highest BCUT2D eigenvalue weighted by Crippen LogP contribution is 2.21. The van der Waals surface area contributed by atoms with E-state index in [-0.39, 0.29) is 5.91 Å². The molecule has 3 rings (SSSR count). The summed E-state index contributed by atoms with van der Waals surface area (Å²) in [5.74, 6) is -0.139. The Hall–Kier alpha value is -3.02. The maximum absolute atomic E-state index is 12.9. The lowest BCUT2D eigenvalue weighted by atomic mass is 10.0. The highest BCUT2D eigenvalue weighted by Gasteiger charge is 2.23. The van der Waals surface area contributed by atoms with Crippen molar-refractivity contribution < 1.29 is 4.79 Å². The zero-order chi connectivity index (χ0) is 16.9. The lowest BCUT2D eigenvalue weighted by Gasteiger charge is -2.18. The van der Waals surface area contributed by atoms with Crippen molar-refractivity contribution in [2.24, 2.45) is 0 Å². The van der Waals surface area contributed by atoms with Gasteiger partial charge in [-0.2, -0.15) is 0 Å². The van der Waals surface area contributed by atoms with Crippen molar-refractivity contribution in [1.29, 1.82) is 0 Å². The number of carbonyl (C=O) groups is 1. The van der Waals surface area contributed by atoms with Crippen LogP contribution in [-0.2, 0) is 11.2 Å². The maximum Gasteiger partial charge on any atom is 0.249 e. The highest BCUT2D eigenvalue weighted by atomic mass is 16.2. The first-order valence-electron chi connectivity index (χ1n) is 7.78. The highest BCUT2D eigenvalue weighted by molar-refractivity contribution is 5.94. The van der Waals surface area contributed by atoms with Gasteiger partial charge < -0.3 is 5.32 Å². The molecule has 24 heavy (non-hydrogen) atoms. The van der Waals surface area contributed by atoms with Crippen molar-refractivity contribution in [2.45, 2.75) is 26.3 Å². The molecule has 0 spiro atoms. The summed E-state index contributed by atoms with van der Waals surface area (Å²) in [6, 6.07) is 15.2. The van der Waals surface area contributed by atoms with E-state index < -0.39 is 6.04 Å². The molecule has 0 aliphatic carbocycles. The fraction of sp³-hybridized carbons (Fsp3) is 0.222. The maximum atomic E-state index is 12.9. The number of nitrogens with one attached hydrogen (secondary N) is 1. The second-order valence-electron chi connectivity index (χ2n) is 5.73. The third kappa shape index (κ3) is 3.48. The molecule has 0 aliphatic heterocycles. The van der Waals surface area contributed by atoms with Crippen molar-refractivity contribution in [1.82, 2.24) is 20.2 Å². The minimum Gasteiger partial charge on any atom is -0.324 e. The molecule has 2 aromatic carbocycles. The Balaban J connectivity index is 1.85. The molecule has 6 nitrogen and oxygen atoms in total. The van der Waals surface area contributed by atoms with E-state index in [9.17, 15) is 4.79 Å². The molecule has 122 valence electrons. The molecule has 3 aromatic rings. The molecule has 0 aliphatic rings. The Kier molecular flexibility index (Phi) is 4.65. The summed E-state index contributed by atoms with van der Waals surface area (Å²) in [4.78, 5) is 12.9. The van der Waals surface area contributed by atoms with Gasteiger partial charge in [0.2, 0.25) is 5.91 Å². The van der Waals surface area contributed by atoms with Crippen molar-refractivity contribution >= 4 is 11.6 Å². The van der Waals surface area contributed by atoms with Gasteiger partial charge in [-0.3, -0.25) is 4.79 Å². The van der Waals surface area contributed by atoms with Gasteiger partial charge in [0, 0.05) is 12.1 Å². The van der Waals surface area contributed by atoms with Gasteiger partial charge in [0.1, 0.15) is 12.4 Å². The summed E-state index contributed by atoms with van der Waals surface area (Å²) in [7, 11) is 0. The molecule has 1 atom stereocenters. The van der Waals surface area contributed by atoms with Gasteiger partial charge in [-0.15, -0.1) is 5.10 Å². The molecule has 0 bridgehead atoms. The van der Waals surface area contributed by atoms with Crippen LogP contribution in [0.3, 0.4) is 0 Å². The Bertz CT molecular complexity index is 815. The third-order valence-electron chi connectivity index (χ3n) is 4.12. The van der Waals surface area contributed by atoms with E-state index >= 15 is 0 Å². The van der Waals surface area contributed by atoms with E-state index in [2.05, 4.69) is 20.8 Å². The normalized spacial score (nSPS) is 11.9. The van der Waals surface area contributed by atoms with Crippen LogP contribution in [0.5, 0.6) is 0 Å². The van der Waals surface area contributed by atoms with Gasteiger partial charge in [-0.25, -0.2) is 4.68 Å². The van der Waals surface area contributed by atoms with Crippen LogP contribution in [0.1, 0.15) is 22.7 Å². The lowest BCUT2D eigenvalue weighted by Crippen LogP contribution is -2.28. The molecule has 0 fully saturated rings. The monoisotopic (exact) mass is 321 g/mol. The van der Waals surface area contributed by atoms with Crippen LogP contribution >= 0.6 is 0 Å². The number of rotatable bonds is 5. The van der Waals surface area contributed by atoms with E-state index in [4.69, 9.17) is 0 Å². The van der Waals surface area contributed by atoms with Crippen molar-refractivity contribution in [2.75, 3.05) is 5.32 Å². The molecule has 0 saturated carbocycles. The van der Waals surface area contributed by atoms with Gasteiger partial charge in [0.25, 0.3) is 0 Å². The van der Waals surface area contributed by atoms with E-state index in [1.165, 1.54) is 11.0 Å². The largest absolute Gasteiger partial charge is 0.324 e. The van der Waals surface area contributed by atoms with E-state index in [0.29, 0.717) is 6.42 Å². The topological polar surface area (TPSA) is 72.7 Å². The van der Waals surface area contributed by atoms with Crippen molar-refractivity contribution in [3.63, 3.8) is 0 Å². The summed E-state index contributed by atoms with van der Waals surface area (Å²) < 4.78 is 1.49. The molecule has 1 aromatic heterocycles. The van der Waals surface area contributed by atoms with Gasteiger partial charge in [0.05, 0.1) is 0 Å². The number of amides is 1. The zero-order valence-corrected chi connectivity index (χ0v) is 13.7. The molecule has 0 radical (unpaired) electrons. The van der Waals surface area contributed by atoms with Gasteiger partial charge in [-0.05, 0) is 47.0 Å². The molecule has 1 heterocycles. The molecular weight excluding hydrogens is 302 g/mol. The van der Waals surface area contributed by atoms with E-state index in [0.717, 1.165) is 22.4 Å². The van der Waals surface area contributed by atoms with Crippen molar-refractivity contribution in [3.05, 3.63) is 71.5 Å². The van der Waals surface area contributed by atoms with Crippen LogP contribution in [-0.4, -0.2) is 26.1 Å². The van der Waals surface area contributed by atoms with Gasteiger partial charge >= 0.3 is 0 Å². The third-order valence-corrected chi connectivity index (χ3v) is 4.12. The average Bonchev–Trinajstić information content (AvgIpc) is 3.12. The fourth-order valence-electron chi connectivity index (χ4n) is 2.56. The van der Waals surface area contributed by atoms with Crippen LogP contribution in [0, 0.1) is 13.8 Å². The van der Waals surface area contributed by atoms with Crippen LogP contribution in [0.4, 0.5) is 5.69 Å². The average molecular weight is 321 g/mol. The standard InChI is InChI=1S/C18H19N5O/c1-13-7-6-10-16(14(13)2)20-18(24)17(23-12-19-21-22-23)11-15-8-4-3-5-9-15/h3-10,12,17H,11H2,1-2H3,(H,20,24)/t17-/m0/s1. The zero-order valence-electron chi connectivity index (χ0n) is 13.7. The first-order chi connectivity index (χ1) is 11.6. The molecule has 1 amide bonds. The molecule has 0 unspecified atom stereocenters. The van der Waals surface area contributed by atoms with Gasteiger partial charge in [0.15, 0.2) is 0 Å². The van der Waals surface area contributed by atoms with Crippen LogP contribution < -0.4 is 5.32 Å². The minimum absolute atomic E-state index is 0.139. The number of carbonyl (C=O) groups excluding carboxylic acids is 1. The first-order valence-corrected chi connectivity index (χ1v) is 7.78. The van der Waals surface area contributed by atoms with E-state index in [1.807, 2.05) is 62.4 Å². The Morgan fingerprint density at radius 2 is 1.92 bits per heavy atom. The predicted octanol–water partition coefficient (Wildman–Crippen LogP) is 2.71. The molecule has 0 saturated heterocycles. The number of anilines is 1. The minimum atomic E-state index is -0.512. The number of hydrogen-bond donors (Lipinski definition) is 1. The van der Waals surface area contributed by atoms with Crippen molar-refractivity contribution in [3.8, 4) is 0 Å². The predicted molar refractivity (Wildman–Crippen MR) is 91.5 cm³/mol. The Morgan fingerprint density at radius 3 is 2.62 bits per heavy atom. The quantitative estimate of drug-likeness (QED) is 0.784. The van der Waals surface area contributed by atoms with Crippen LogP contribution in [0.25, 0.3) is 0 Å². The Morgan fingerprint density at radius 1 is 1.12 bits per heavy atom. The first kappa shape index (κ1) is 15.9. The van der Waals surface area contributed by atoms with E-state index in [1.54, 1.807) is 0 Å². The Labute approximate surface area is 140 Å². The molecule has 6 heteroatoms. The number of benzene rings is 2. The summed E-state index contributed by atoms with van der Waals surface area (Å²) in [6.07, 6.45) is 1.98. The molecular formula is C18H19N5O. The number of hydrogen-bond acceptors (Lipinski definition) is 4. The number of tetrazole rings is 1. The van der Waals surface area contributed by atoms with Crippen LogP contribution in [0.15, 0.2) is 54.9 Å².